The lowest BCUT2D eigenvalue weighted by Crippen LogP contribution is -2.52. The average Bonchev–Trinajstić information content (AvgIpc) is 2.36. The van der Waals surface area contributed by atoms with Crippen LogP contribution in [-0.2, 0) is 6.42 Å². The Balaban J connectivity index is 2.70. The van der Waals surface area contributed by atoms with Crippen LogP contribution in [-0.4, -0.2) is 18.6 Å². The summed E-state index contributed by atoms with van der Waals surface area (Å²) >= 11 is 0. The first-order valence-electron chi connectivity index (χ1n) is 6.25. The van der Waals surface area contributed by atoms with E-state index < -0.39 is 0 Å². The van der Waals surface area contributed by atoms with Crippen molar-refractivity contribution in [3.05, 3.63) is 35.9 Å². The lowest BCUT2D eigenvalue weighted by Gasteiger charge is -2.33. The van der Waals surface area contributed by atoms with Gasteiger partial charge in [-0.3, -0.25) is 0 Å². The predicted octanol–water partition coefficient (Wildman–Crippen LogP) is 2.34. The van der Waals surface area contributed by atoms with Crippen molar-refractivity contribution < 1.29 is 0 Å². The molecule has 0 amide bonds. The number of nitrogens with two attached hydrogens (primary N) is 1. The van der Waals surface area contributed by atoms with Gasteiger partial charge in [0.15, 0.2) is 0 Å². The maximum Gasteiger partial charge on any atom is 0.0341 e. The van der Waals surface area contributed by atoms with E-state index in [1.807, 2.05) is 0 Å². The Morgan fingerprint density at radius 2 is 1.88 bits per heavy atom. The lowest BCUT2D eigenvalue weighted by atomic mass is 9.88. The third kappa shape index (κ3) is 3.62. The molecule has 0 aromatic heterocycles. The maximum atomic E-state index is 5.94. The van der Waals surface area contributed by atoms with E-state index in [1.165, 1.54) is 5.56 Å². The number of benzene rings is 1. The average molecular weight is 220 g/mol. The fourth-order valence-electron chi connectivity index (χ4n) is 1.98. The molecular formula is C14H24N2. The summed E-state index contributed by atoms with van der Waals surface area (Å²) in [5.74, 6) is 0. The Morgan fingerprint density at radius 1 is 1.19 bits per heavy atom. The third-order valence-electron chi connectivity index (χ3n) is 3.20. The summed E-state index contributed by atoms with van der Waals surface area (Å²) in [6.45, 7) is 6.13. The number of hydrogen-bond acceptors (Lipinski definition) is 2. The monoisotopic (exact) mass is 220 g/mol. The zero-order chi connectivity index (χ0) is 11.9. The molecule has 1 rings (SSSR count). The molecule has 3 N–H and O–H groups in total. The summed E-state index contributed by atoms with van der Waals surface area (Å²) in [7, 11) is 0. The summed E-state index contributed by atoms with van der Waals surface area (Å²) in [4.78, 5) is 0. The molecule has 0 bridgehead atoms. The second-order valence-corrected chi connectivity index (χ2v) is 4.43. The summed E-state index contributed by atoms with van der Waals surface area (Å²) in [6.07, 6.45) is 3.23. The standard InChI is InChI=1S/C14H24N2/c1-3-10-16-14(4-2,12-15)11-13-8-6-5-7-9-13/h5-9,16H,3-4,10-12,15H2,1-2H3. The predicted molar refractivity (Wildman–Crippen MR) is 70.5 cm³/mol. The van der Waals surface area contributed by atoms with Crippen LogP contribution in [0.25, 0.3) is 0 Å². The molecule has 0 saturated carbocycles. The van der Waals surface area contributed by atoms with Crippen molar-refractivity contribution >= 4 is 0 Å². The molecule has 0 saturated heterocycles. The fourth-order valence-corrected chi connectivity index (χ4v) is 1.98. The number of hydrogen-bond donors (Lipinski definition) is 2. The molecule has 1 unspecified atom stereocenters. The molecule has 0 heterocycles. The van der Waals surface area contributed by atoms with Crippen LogP contribution in [0.5, 0.6) is 0 Å². The van der Waals surface area contributed by atoms with Gasteiger partial charge in [-0.1, -0.05) is 44.2 Å². The van der Waals surface area contributed by atoms with Crippen LogP contribution in [0.2, 0.25) is 0 Å². The van der Waals surface area contributed by atoms with E-state index in [4.69, 9.17) is 5.73 Å². The summed E-state index contributed by atoms with van der Waals surface area (Å²) in [5, 5.41) is 3.61. The molecule has 1 atom stereocenters. The second-order valence-electron chi connectivity index (χ2n) is 4.43. The van der Waals surface area contributed by atoms with Crippen molar-refractivity contribution in [1.29, 1.82) is 0 Å². The zero-order valence-electron chi connectivity index (χ0n) is 10.5. The van der Waals surface area contributed by atoms with Crippen LogP contribution in [0, 0.1) is 0 Å². The second kappa shape index (κ2) is 6.66. The van der Waals surface area contributed by atoms with E-state index in [1.54, 1.807) is 0 Å². The zero-order valence-corrected chi connectivity index (χ0v) is 10.5. The van der Waals surface area contributed by atoms with E-state index in [2.05, 4.69) is 49.5 Å². The van der Waals surface area contributed by atoms with Gasteiger partial charge in [0.25, 0.3) is 0 Å². The van der Waals surface area contributed by atoms with Gasteiger partial charge in [-0.25, -0.2) is 0 Å². The molecule has 0 aliphatic rings. The summed E-state index contributed by atoms with van der Waals surface area (Å²) < 4.78 is 0. The molecule has 0 spiro atoms. The topological polar surface area (TPSA) is 38.0 Å². The molecule has 2 heteroatoms. The first kappa shape index (κ1) is 13.2. The van der Waals surface area contributed by atoms with Crippen molar-refractivity contribution in [3.63, 3.8) is 0 Å². The van der Waals surface area contributed by atoms with Crippen LogP contribution in [0.1, 0.15) is 32.3 Å². The minimum absolute atomic E-state index is 0.0668. The van der Waals surface area contributed by atoms with Gasteiger partial charge in [-0.05, 0) is 31.4 Å². The third-order valence-corrected chi connectivity index (χ3v) is 3.20. The van der Waals surface area contributed by atoms with Gasteiger partial charge in [0, 0.05) is 12.1 Å². The van der Waals surface area contributed by atoms with Crippen molar-refractivity contribution in [2.75, 3.05) is 13.1 Å². The minimum atomic E-state index is 0.0668. The van der Waals surface area contributed by atoms with Crippen molar-refractivity contribution in [2.24, 2.45) is 5.73 Å². The van der Waals surface area contributed by atoms with Crippen molar-refractivity contribution in [2.45, 2.75) is 38.6 Å². The largest absolute Gasteiger partial charge is 0.329 e. The molecular weight excluding hydrogens is 196 g/mol. The first-order chi connectivity index (χ1) is 7.76. The number of nitrogens with one attached hydrogen (secondary N) is 1. The van der Waals surface area contributed by atoms with Gasteiger partial charge >= 0.3 is 0 Å². The normalized spacial score (nSPS) is 14.7. The van der Waals surface area contributed by atoms with E-state index >= 15 is 0 Å². The van der Waals surface area contributed by atoms with E-state index in [0.717, 1.165) is 25.8 Å². The molecule has 1 aromatic carbocycles. The summed E-state index contributed by atoms with van der Waals surface area (Å²) in [6, 6.07) is 10.6. The van der Waals surface area contributed by atoms with Crippen LogP contribution < -0.4 is 11.1 Å². The van der Waals surface area contributed by atoms with Gasteiger partial charge in [-0.2, -0.15) is 0 Å². The molecule has 90 valence electrons. The number of rotatable bonds is 7. The molecule has 0 radical (unpaired) electrons. The van der Waals surface area contributed by atoms with Crippen molar-refractivity contribution in [3.8, 4) is 0 Å². The lowest BCUT2D eigenvalue weighted by molar-refractivity contribution is 0.319. The van der Waals surface area contributed by atoms with Gasteiger partial charge < -0.3 is 11.1 Å². The Hall–Kier alpha value is -0.860. The van der Waals surface area contributed by atoms with Crippen LogP contribution in [0.3, 0.4) is 0 Å². The van der Waals surface area contributed by atoms with E-state index in [0.29, 0.717) is 6.54 Å². The quantitative estimate of drug-likeness (QED) is 0.740. The maximum absolute atomic E-state index is 5.94. The van der Waals surface area contributed by atoms with Gasteiger partial charge in [0.05, 0.1) is 0 Å². The fraction of sp³-hybridized carbons (Fsp3) is 0.571. The van der Waals surface area contributed by atoms with Crippen molar-refractivity contribution in [1.82, 2.24) is 5.32 Å². The van der Waals surface area contributed by atoms with Crippen LogP contribution in [0.15, 0.2) is 30.3 Å². The van der Waals surface area contributed by atoms with Gasteiger partial charge in [0.1, 0.15) is 0 Å². The smallest absolute Gasteiger partial charge is 0.0341 e. The Morgan fingerprint density at radius 3 is 2.38 bits per heavy atom. The Labute approximate surface area is 99.2 Å². The molecule has 0 aliphatic carbocycles. The van der Waals surface area contributed by atoms with E-state index in [-0.39, 0.29) is 5.54 Å². The molecule has 16 heavy (non-hydrogen) atoms. The highest BCUT2D eigenvalue weighted by Crippen LogP contribution is 2.16. The highest BCUT2D eigenvalue weighted by atomic mass is 15.0. The SMILES string of the molecule is CCCNC(CC)(CN)Cc1ccccc1. The Bertz CT molecular complexity index is 278. The van der Waals surface area contributed by atoms with Crippen LogP contribution >= 0.6 is 0 Å². The molecule has 2 nitrogen and oxygen atoms in total. The van der Waals surface area contributed by atoms with Gasteiger partial charge in [0.2, 0.25) is 0 Å². The van der Waals surface area contributed by atoms with E-state index in [9.17, 15) is 0 Å². The molecule has 0 aliphatic heterocycles. The minimum Gasteiger partial charge on any atom is -0.329 e. The van der Waals surface area contributed by atoms with Gasteiger partial charge in [-0.15, -0.1) is 0 Å². The van der Waals surface area contributed by atoms with Crippen LogP contribution in [0.4, 0.5) is 0 Å². The molecule has 1 aromatic rings. The Kier molecular flexibility index (Phi) is 5.50. The molecule has 0 fully saturated rings. The first-order valence-corrected chi connectivity index (χ1v) is 6.25. The summed E-state index contributed by atoms with van der Waals surface area (Å²) in [5.41, 5.74) is 7.37. The highest BCUT2D eigenvalue weighted by molar-refractivity contribution is 5.18. The highest BCUT2D eigenvalue weighted by Gasteiger charge is 2.25.